The highest BCUT2D eigenvalue weighted by Gasteiger charge is 2.26. The summed E-state index contributed by atoms with van der Waals surface area (Å²) in [5.74, 6) is 0.442. The van der Waals surface area contributed by atoms with E-state index in [2.05, 4.69) is 11.6 Å². The van der Waals surface area contributed by atoms with Gasteiger partial charge in [0.25, 0.3) is 10.2 Å². The Morgan fingerprint density at radius 2 is 2.29 bits per heavy atom. The van der Waals surface area contributed by atoms with Gasteiger partial charge >= 0.3 is 0 Å². The summed E-state index contributed by atoms with van der Waals surface area (Å²) in [5.41, 5.74) is 5.35. The summed E-state index contributed by atoms with van der Waals surface area (Å²) in [5, 5.41) is 0. The van der Waals surface area contributed by atoms with Gasteiger partial charge in [0.05, 0.1) is 4.99 Å². The molecule has 1 heterocycles. The molecule has 0 aromatic rings. The molecule has 17 heavy (non-hydrogen) atoms. The van der Waals surface area contributed by atoms with Crippen LogP contribution in [0.25, 0.3) is 0 Å². The number of hydrogen-bond acceptors (Lipinski definition) is 3. The molecule has 0 aliphatic carbocycles. The van der Waals surface area contributed by atoms with Crippen LogP contribution in [0.15, 0.2) is 0 Å². The molecule has 0 amide bonds. The predicted octanol–water partition coefficient (Wildman–Crippen LogP) is 0.619. The summed E-state index contributed by atoms with van der Waals surface area (Å²) >= 11 is 4.73. The fourth-order valence-corrected chi connectivity index (χ4v) is 3.47. The van der Waals surface area contributed by atoms with Gasteiger partial charge in [0.1, 0.15) is 0 Å². The number of rotatable bonds is 6. The lowest BCUT2D eigenvalue weighted by molar-refractivity contribution is 0.278. The van der Waals surface area contributed by atoms with E-state index in [-0.39, 0.29) is 0 Å². The summed E-state index contributed by atoms with van der Waals surface area (Å²) in [7, 11) is -3.31. The van der Waals surface area contributed by atoms with Gasteiger partial charge in [0, 0.05) is 19.6 Å². The van der Waals surface area contributed by atoms with Gasteiger partial charge in [-0.3, -0.25) is 0 Å². The first-order chi connectivity index (χ1) is 7.92. The fraction of sp³-hybridized carbons (Fsp3) is 0.900. The van der Waals surface area contributed by atoms with Crippen molar-refractivity contribution in [1.29, 1.82) is 0 Å². The number of nitrogens with one attached hydrogen (secondary N) is 1. The zero-order valence-electron chi connectivity index (χ0n) is 10.2. The molecule has 1 atom stereocenters. The summed E-state index contributed by atoms with van der Waals surface area (Å²) in [6, 6.07) is 0. The Hall–Kier alpha value is -0.240. The molecule has 1 aliphatic rings. The first-order valence-corrected chi connectivity index (χ1v) is 7.79. The van der Waals surface area contributed by atoms with Crippen LogP contribution in [-0.2, 0) is 10.2 Å². The molecule has 7 heteroatoms. The smallest absolute Gasteiger partial charge is 0.279 e. The molecular weight excluding hydrogens is 258 g/mol. The highest BCUT2D eigenvalue weighted by atomic mass is 32.2. The number of nitrogens with zero attached hydrogens (tertiary/aromatic N) is 1. The van der Waals surface area contributed by atoms with Crippen molar-refractivity contribution in [2.45, 2.75) is 32.6 Å². The van der Waals surface area contributed by atoms with Crippen LogP contribution in [-0.4, -0.2) is 37.3 Å². The first-order valence-electron chi connectivity index (χ1n) is 5.95. The maximum Gasteiger partial charge on any atom is 0.279 e. The van der Waals surface area contributed by atoms with Gasteiger partial charge in [-0.15, -0.1) is 0 Å². The zero-order valence-corrected chi connectivity index (χ0v) is 11.8. The second kappa shape index (κ2) is 6.63. The quantitative estimate of drug-likeness (QED) is 0.552. The van der Waals surface area contributed by atoms with Crippen molar-refractivity contribution >= 4 is 27.4 Å². The third-order valence-corrected chi connectivity index (χ3v) is 4.63. The molecule has 1 aliphatic heterocycles. The van der Waals surface area contributed by atoms with E-state index < -0.39 is 10.2 Å². The zero-order chi connectivity index (χ0) is 12.9. The van der Waals surface area contributed by atoms with Crippen LogP contribution < -0.4 is 10.5 Å². The van der Waals surface area contributed by atoms with Crippen molar-refractivity contribution in [2.24, 2.45) is 11.7 Å². The van der Waals surface area contributed by atoms with Gasteiger partial charge in [-0.1, -0.05) is 19.1 Å². The Labute approximate surface area is 109 Å². The van der Waals surface area contributed by atoms with Crippen LogP contribution in [0.4, 0.5) is 0 Å². The van der Waals surface area contributed by atoms with Crippen LogP contribution in [0, 0.1) is 5.92 Å². The van der Waals surface area contributed by atoms with Gasteiger partial charge < -0.3 is 5.73 Å². The van der Waals surface area contributed by atoms with E-state index in [9.17, 15) is 8.42 Å². The standard InChI is InChI=1S/C10H21N3O2S2/c1-9-4-3-7-13(8-9)17(14,15)12-6-2-5-10(11)16/h9,12H,2-8H2,1H3,(H2,11,16). The molecule has 0 radical (unpaired) electrons. The molecule has 0 aromatic carbocycles. The molecule has 0 spiro atoms. The number of hydrogen-bond donors (Lipinski definition) is 2. The van der Waals surface area contributed by atoms with E-state index in [0.29, 0.717) is 43.4 Å². The molecule has 0 aromatic heterocycles. The van der Waals surface area contributed by atoms with Crippen molar-refractivity contribution in [3.05, 3.63) is 0 Å². The molecule has 1 rings (SSSR count). The third kappa shape index (κ3) is 5.29. The molecule has 0 bridgehead atoms. The molecule has 5 nitrogen and oxygen atoms in total. The van der Waals surface area contributed by atoms with E-state index in [1.165, 1.54) is 4.31 Å². The van der Waals surface area contributed by atoms with Crippen LogP contribution in [0.3, 0.4) is 0 Å². The highest BCUT2D eigenvalue weighted by molar-refractivity contribution is 7.87. The summed E-state index contributed by atoms with van der Waals surface area (Å²) in [6.07, 6.45) is 3.27. The minimum atomic E-state index is -3.31. The average molecular weight is 279 g/mol. The van der Waals surface area contributed by atoms with Crippen molar-refractivity contribution in [2.75, 3.05) is 19.6 Å². The van der Waals surface area contributed by atoms with Crippen molar-refractivity contribution in [3.8, 4) is 0 Å². The Balaban J connectivity index is 2.37. The molecular formula is C10H21N3O2S2. The normalized spacial score (nSPS) is 22.5. The SMILES string of the molecule is CC1CCCN(S(=O)(=O)NCCCC(N)=S)C1. The van der Waals surface area contributed by atoms with Crippen LogP contribution >= 0.6 is 12.2 Å². The van der Waals surface area contributed by atoms with Crippen LogP contribution in [0.5, 0.6) is 0 Å². The lowest BCUT2D eigenvalue weighted by Crippen LogP contribution is -2.45. The van der Waals surface area contributed by atoms with E-state index in [4.69, 9.17) is 18.0 Å². The minimum absolute atomic E-state index is 0.393. The second-order valence-corrected chi connectivity index (χ2v) is 6.85. The number of piperidine rings is 1. The summed E-state index contributed by atoms with van der Waals surface area (Å²) in [6.45, 7) is 3.71. The van der Waals surface area contributed by atoms with E-state index >= 15 is 0 Å². The van der Waals surface area contributed by atoms with Gasteiger partial charge in [-0.2, -0.15) is 12.7 Å². The monoisotopic (exact) mass is 279 g/mol. The maximum absolute atomic E-state index is 11.9. The lowest BCUT2D eigenvalue weighted by Gasteiger charge is -2.29. The molecule has 100 valence electrons. The Morgan fingerprint density at radius 1 is 1.59 bits per heavy atom. The third-order valence-electron chi connectivity index (χ3n) is 2.84. The second-order valence-electron chi connectivity index (χ2n) is 4.57. The summed E-state index contributed by atoms with van der Waals surface area (Å²) < 4.78 is 28.0. The fourth-order valence-electron chi connectivity index (χ4n) is 1.92. The van der Waals surface area contributed by atoms with Gasteiger partial charge in [0.2, 0.25) is 0 Å². The lowest BCUT2D eigenvalue weighted by atomic mass is 10.0. The van der Waals surface area contributed by atoms with Crippen LogP contribution in [0.1, 0.15) is 32.6 Å². The Bertz CT molecular complexity index is 357. The molecule has 1 unspecified atom stereocenters. The average Bonchev–Trinajstić information content (AvgIpc) is 2.24. The molecule has 1 fully saturated rings. The Kier molecular flexibility index (Phi) is 5.78. The van der Waals surface area contributed by atoms with E-state index in [1.54, 1.807) is 0 Å². The topological polar surface area (TPSA) is 75.4 Å². The molecule has 3 N–H and O–H groups in total. The highest BCUT2D eigenvalue weighted by Crippen LogP contribution is 2.17. The number of nitrogens with two attached hydrogens (primary N) is 1. The molecule has 1 saturated heterocycles. The van der Waals surface area contributed by atoms with Crippen molar-refractivity contribution in [1.82, 2.24) is 9.03 Å². The van der Waals surface area contributed by atoms with Crippen LogP contribution in [0.2, 0.25) is 0 Å². The maximum atomic E-state index is 11.9. The largest absolute Gasteiger partial charge is 0.393 e. The van der Waals surface area contributed by atoms with Crippen molar-refractivity contribution in [3.63, 3.8) is 0 Å². The van der Waals surface area contributed by atoms with Gasteiger partial charge in [0.15, 0.2) is 0 Å². The van der Waals surface area contributed by atoms with Gasteiger partial charge in [-0.25, -0.2) is 4.72 Å². The summed E-state index contributed by atoms with van der Waals surface area (Å²) in [4.78, 5) is 0.427. The minimum Gasteiger partial charge on any atom is -0.393 e. The van der Waals surface area contributed by atoms with E-state index in [1.807, 2.05) is 0 Å². The van der Waals surface area contributed by atoms with E-state index in [0.717, 1.165) is 12.8 Å². The van der Waals surface area contributed by atoms with Gasteiger partial charge in [-0.05, 0) is 31.6 Å². The first kappa shape index (κ1) is 14.8. The Morgan fingerprint density at radius 3 is 2.88 bits per heavy atom. The van der Waals surface area contributed by atoms with Crippen molar-refractivity contribution < 1.29 is 8.42 Å². The molecule has 0 saturated carbocycles. The predicted molar refractivity (Wildman–Crippen MR) is 72.9 cm³/mol. The number of thiocarbonyl (C=S) groups is 1.